The molecule has 0 radical (unpaired) electrons. The molecule has 0 N–H and O–H groups in total. The summed E-state index contributed by atoms with van der Waals surface area (Å²) < 4.78 is 1.84. The van der Waals surface area contributed by atoms with Crippen LogP contribution in [0.25, 0.3) is 0 Å². The predicted molar refractivity (Wildman–Crippen MR) is 44.5 cm³/mol. The highest BCUT2D eigenvalue weighted by Crippen LogP contribution is 2.18. The molecule has 0 aromatic carbocycles. The maximum Gasteiger partial charge on any atom is 0.0950 e. The Hall–Kier alpha value is -0.150. The van der Waals surface area contributed by atoms with Crippen LogP contribution in [0, 0.1) is 6.92 Å². The predicted octanol–water partition coefficient (Wildman–Crippen LogP) is 2.02. The van der Waals surface area contributed by atoms with Crippen LogP contribution >= 0.6 is 23.4 Å². The lowest BCUT2D eigenvalue weighted by atomic mass is 10.5. The van der Waals surface area contributed by atoms with Gasteiger partial charge in [0.05, 0.1) is 15.9 Å². The van der Waals surface area contributed by atoms with Crippen LogP contribution in [0.1, 0.15) is 5.69 Å². The minimum Gasteiger partial charge on any atom is -0.262 e. The van der Waals surface area contributed by atoms with Crippen LogP contribution in [0.2, 0.25) is 0 Å². The Labute approximate surface area is 69.6 Å². The van der Waals surface area contributed by atoms with E-state index in [2.05, 4.69) is 5.10 Å². The fourth-order valence-corrected chi connectivity index (χ4v) is 1.71. The summed E-state index contributed by atoms with van der Waals surface area (Å²) in [4.78, 5) is 0. The van der Waals surface area contributed by atoms with E-state index in [1.807, 2.05) is 24.7 Å². The van der Waals surface area contributed by atoms with Crippen molar-refractivity contribution in [3.05, 3.63) is 11.8 Å². The van der Waals surface area contributed by atoms with Gasteiger partial charge in [0.1, 0.15) is 0 Å². The zero-order chi connectivity index (χ0) is 7.56. The molecule has 0 saturated carbocycles. The Bertz CT molecular complexity index is 222. The van der Waals surface area contributed by atoms with E-state index in [-0.39, 0.29) is 0 Å². The lowest BCUT2D eigenvalue weighted by Gasteiger charge is -1.94. The number of aromatic nitrogens is 2. The summed E-state index contributed by atoms with van der Waals surface area (Å²) in [5.41, 5.74) is 1.04. The van der Waals surface area contributed by atoms with Crippen LogP contribution in [0.4, 0.5) is 0 Å². The third-order valence-corrected chi connectivity index (χ3v) is 2.28. The van der Waals surface area contributed by atoms with Crippen molar-refractivity contribution in [2.45, 2.75) is 11.9 Å². The molecular formula is C6H9ClN2S. The Morgan fingerprint density at radius 1 is 1.80 bits per heavy atom. The van der Waals surface area contributed by atoms with Gasteiger partial charge in [-0.1, -0.05) is 11.8 Å². The number of thioether (sulfide) groups is 1. The van der Waals surface area contributed by atoms with Crippen molar-refractivity contribution in [1.29, 1.82) is 0 Å². The third-order valence-electron chi connectivity index (χ3n) is 1.16. The van der Waals surface area contributed by atoms with Crippen LogP contribution in [-0.4, -0.2) is 15.0 Å². The van der Waals surface area contributed by atoms with E-state index < -0.39 is 0 Å². The van der Waals surface area contributed by atoms with Gasteiger partial charge in [-0.05, 0) is 13.0 Å². The number of halogens is 1. The summed E-state index contributed by atoms with van der Waals surface area (Å²) in [6, 6.07) is 2.02. The second kappa shape index (κ2) is 3.30. The highest BCUT2D eigenvalue weighted by atomic mass is 35.5. The SMILES string of the molecule is Cc1cc(SCCl)n(C)n1. The first-order chi connectivity index (χ1) is 4.74. The third kappa shape index (κ3) is 1.67. The van der Waals surface area contributed by atoms with Gasteiger partial charge in [-0.15, -0.1) is 11.6 Å². The quantitative estimate of drug-likeness (QED) is 0.507. The molecule has 0 atom stereocenters. The minimum atomic E-state index is 0.582. The molecule has 0 aliphatic carbocycles. The summed E-state index contributed by atoms with van der Waals surface area (Å²) in [7, 11) is 1.92. The van der Waals surface area contributed by atoms with E-state index in [0.29, 0.717) is 5.21 Å². The molecule has 1 rings (SSSR count). The zero-order valence-electron chi connectivity index (χ0n) is 5.97. The molecule has 4 heteroatoms. The minimum absolute atomic E-state index is 0.582. The molecule has 0 amide bonds. The number of alkyl halides is 1. The number of aryl methyl sites for hydroxylation is 2. The molecule has 0 unspecified atom stereocenters. The van der Waals surface area contributed by atoms with Gasteiger partial charge >= 0.3 is 0 Å². The highest BCUT2D eigenvalue weighted by molar-refractivity contribution is 8.00. The van der Waals surface area contributed by atoms with Gasteiger partial charge in [0.15, 0.2) is 0 Å². The van der Waals surface area contributed by atoms with Crippen molar-refractivity contribution >= 4 is 23.4 Å². The van der Waals surface area contributed by atoms with Crippen LogP contribution < -0.4 is 0 Å². The molecule has 0 saturated heterocycles. The lowest BCUT2D eigenvalue weighted by molar-refractivity contribution is 0.693. The number of hydrogen-bond acceptors (Lipinski definition) is 2. The lowest BCUT2D eigenvalue weighted by Crippen LogP contribution is -1.91. The topological polar surface area (TPSA) is 17.8 Å². The number of rotatable bonds is 2. The fraction of sp³-hybridized carbons (Fsp3) is 0.500. The zero-order valence-corrected chi connectivity index (χ0v) is 7.54. The molecule has 56 valence electrons. The normalized spacial score (nSPS) is 10.3. The molecule has 1 heterocycles. The number of nitrogens with zero attached hydrogens (tertiary/aromatic N) is 2. The summed E-state index contributed by atoms with van der Waals surface area (Å²) in [6.07, 6.45) is 0. The van der Waals surface area contributed by atoms with Gasteiger partial charge in [0.25, 0.3) is 0 Å². The van der Waals surface area contributed by atoms with Crippen LogP contribution in [0.3, 0.4) is 0 Å². The second-order valence-corrected chi connectivity index (χ2v) is 3.58. The molecule has 2 nitrogen and oxygen atoms in total. The Balaban J connectivity index is 2.81. The smallest absolute Gasteiger partial charge is 0.0950 e. The van der Waals surface area contributed by atoms with E-state index >= 15 is 0 Å². The van der Waals surface area contributed by atoms with Crippen LogP contribution in [0.15, 0.2) is 11.1 Å². The first-order valence-corrected chi connectivity index (χ1v) is 4.45. The average molecular weight is 177 g/mol. The van der Waals surface area contributed by atoms with Gasteiger partial charge in [0.2, 0.25) is 0 Å². The van der Waals surface area contributed by atoms with Gasteiger partial charge < -0.3 is 0 Å². The van der Waals surface area contributed by atoms with E-state index in [1.54, 1.807) is 11.8 Å². The monoisotopic (exact) mass is 176 g/mol. The summed E-state index contributed by atoms with van der Waals surface area (Å²) in [6.45, 7) is 1.97. The molecule has 0 aliphatic rings. The van der Waals surface area contributed by atoms with E-state index in [0.717, 1.165) is 10.7 Å². The Kier molecular flexibility index (Phi) is 2.63. The van der Waals surface area contributed by atoms with Gasteiger partial charge in [-0.3, -0.25) is 4.68 Å². The first kappa shape index (κ1) is 7.95. The summed E-state index contributed by atoms with van der Waals surface area (Å²) >= 11 is 7.13. The fourth-order valence-electron chi connectivity index (χ4n) is 0.778. The standard InChI is InChI=1S/C6H9ClN2S/c1-5-3-6(10-4-7)9(2)8-5/h3H,4H2,1-2H3. The van der Waals surface area contributed by atoms with Gasteiger partial charge in [0, 0.05) is 7.05 Å². The molecular weight excluding hydrogens is 168 g/mol. The number of hydrogen-bond donors (Lipinski definition) is 0. The first-order valence-electron chi connectivity index (χ1n) is 2.93. The molecule has 0 fully saturated rings. The maximum absolute atomic E-state index is 5.54. The van der Waals surface area contributed by atoms with E-state index in [9.17, 15) is 0 Å². The molecule has 1 aromatic heterocycles. The average Bonchev–Trinajstić information content (AvgIpc) is 2.13. The van der Waals surface area contributed by atoms with Crippen LogP contribution in [-0.2, 0) is 7.05 Å². The van der Waals surface area contributed by atoms with E-state index in [1.165, 1.54) is 0 Å². The van der Waals surface area contributed by atoms with Gasteiger partial charge in [-0.2, -0.15) is 5.10 Å². The Morgan fingerprint density at radius 3 is 2.90 bits per heavy atom. The van der Waals surface area contributed by atoms with E-state index in [4.69, 9.17) is 11.6 Å². The van der Waals surface area contributed by atoms with Crippen molar-refractivity contribution < 1.29 is 0 Å². The molecule has 0 aliphatic heterocycles. The van der Waals surface area contributed by atoms with Crippen molar-refractivity contribution in [3.63, 3.8) is 0 Å². The maximum atomic E-state index is 5.54. The highest BCUT2D eigenvalue weighted by Gasteiger charge is 1.99. The van der Waals surface area contributed by atoms with Crippen molar-refractivity contribution in [2.75, 3.05) is 5.21 Å². The summed E-state index contributed by atoms with van der Waals surface area (Å²) in [5.74, 6) is 0. The molecule has 0 spiro atoms. The van der Waals surface area contributed by atoms with Gasteiger partial charge in [-0.25, -0.2) is 0 Å². The second-order valence-electron chi connectivity index (χ2n) is 2.00. The molecule has 0 bridgehead atoms. The Morgan fingerprint density at radius 2 is 2.50 bits per heavy atom. The van der Waals surface area contributed by atoms with Crippen molar-refractivity contribution in [1.82, 2.24) is 9.78 Å². The van der Waals surface area contributed by atoms with Crippen LogP contribution in [0.5, 0.6) is 0 Å². The largest absolute Gasteiger partial charge is 0.262 e. The van der Waals surface area contributed by atoms with Crippen molar-refractivity contribution in [2.24, 2.45) is 7.05 Å². The molecule has 1 aromatic rings. The molecule has 10 heavy (non-hydrogen) atoms. The van der Waals surface area contributed by atoms with Crippen molar-refractivity contribution in [3.8, 4) is 0 Å². The summed E-state index contributed by atoms with van der Waals surface area (Å²) in [5, 5.41) is 5.87.